The lowest BCUT2D eigenvalue weighted by atomic mass is 10.1. The summed E-state index contributed by atoms with van der Waals surface area (Å²) >= 11 is 0. The Morgan fingerprint density at radius 2 is 1.86 bits per heavy atom. The van der Waals surface area contributed by atoms with Gasteiger partial charge in [0.15, 0.2) is 6.61 Å². The van der Waals surface area contributed by atoms with Gasteiger partial charge in [0.2, 0.25) is 0 Å². The van der Waals surface area contributed by atoms with Crippen molar-refractivity contribution in [2.24, 2.45) is 0 Å². The van der Waals surface area contributed by atoms with Crippen LogP contribution in [-0.4, -0.2) is 30.6 Å². The summed E-state index contributed by atoms with van der Waals surface area (Å²) in [5.74, 6) is -1.23. The smallest absolute Gasteiger partial charge is 0.338 e. The number of hydrogen-bond acceptors (Lipinski definition) is 4. The third-order valence-electron chi connectivity index (χ3n) is 3.10. The van der Waals surface area contributed by atoms with Gasteiger partial charge in [0.25, 0.3) is 5.91 Å². The number of aryl methyl sites for hydroxylation is 1. The molecule has 6 nitrogen and oxygen atoms in total. The third-order valence-corrected chi connectivity index (χ3v) is 3.10. The first-order chi connectivity index (χ1) is 10.1. The number of rotatable bonds is 5. The Kier molecular flexibility index (Phi) is 4.92. The SMILES string of the molecule is CCc1ccc(C(=O)OCC(=O)NC(=O)NC2CC2)cc1. The minimum atomic E-state index is -0.647. The molecule has 0 saturated heterocycles. The summed E-state index contributed by atoms with van der Waals surface area (Å²) in [5, 5.41) is 4.72. The van der Waals surface area contributed by atoms with Crippen molar-refractivity contribution in [2.75, 3.05) is 6.61 Å². The minimum Gasteiger partial charge on any atom is -0.452 e. The number of imide groups is 1. The topological polar surface area (TPSA) is 84.5 Å². The van der Waals surface area contributed by atoms with Crippen LogP contribution in [0.15, 0.2) is 24.3 Å². The summed E-state index contributed by atoms with van der Waals surface area (Å²) in [6.45, 7) is 1.54. The lowest BCUT2D eigenvalue weighted by Gasteiger charge is -2.07. The van der Waals surface area contributed by atoms with E-state index in [1.165, 1.54) is 0 Å². The second-order valence-electron chi connectivity index (χ2n) is 4.92. The standard InChI is InChI=1S/C15H18N2O4/c1-2-10-3-5-11(6-4-10)14(19)21-9-13(18)17-15(20)16-12-7-8-12/h3-6,12H,2,7-9H2,1H3,(H2,16,17,18,20). The average molecular weight is 290 g/mol. The van der Waals surface area contributed by atoms with Gasteiger partial charge in [0, 0.05) is 6.04 Å². The van der Waals surface area contributed by atoms with Crippen LogP contribution in [0, 0.1) is 0 Å². The van der Waals surface area contributed by atoms with Gasteiger partial charge in [-0.25, -0.2) is 9.59 Å². The molecule has 0 aromatic heterocycles. The first-order valence-electron chi connectivity index (χ1n) is 6.95. The molecule has 1 aliphatic carbocycles. The second kappa shape index (κ2) is 6.88. The monoisotopic (exact) mass is 290 g/mol. The van der Waals surface area contributed by atoms with Crippen molar-refractivity contribution < 1.29 is 19.1 Å². The first kappa shape index (κ1) is 15.0. The van der Waals surface area contributed by atoms with Gasteiger partial charge in [0.05, 0.1) is 5.56 Å². The Morgan fingerprint density at radius 3 is 2.43 bits per heavy atom. The summed E-state index contributed by atoms with van der Waals surface area (Å²) in [6, 6.07) is 6.58. The summed E-state index contributed by atoms with van der Waals surface area (Å²) in [5.41, 5.74) is 1.49. The molecule has 21 heavy (non-hydrogen) atoms. The zero-order valence-corrected chi connectivity index (χ0v) is 11.8. The summed E-state index contributed by atoms with van der Waals surface area (Å²) in [7, 11) is 0. The van der Waals surface area contributed by atoms with Crippen molar-refractivity contribution in [1.29, 1.82) is 0 Å². The van der Waals surface area contributed by atoms with Gasteiger partial charge >= 0.3 is 12.0 Å². The van der Waals surface area contributed by atoms with E-state index in [0.29, 0.717) is 5.56 Å². The van der Waals surface area contributed by atoms with E-state index in [9.17, 15) is 14.4 Å². The summed E-state index contributed by atoms with van der Waals surface area (Å²) in [4.78, 5) is 34.5. The quantitative estimate of drug-likeness (QED) is 0.803. The fraction of sp³-hybridized carbons (Fsp3) is 0.400. The molecular formula is C15H18N2O4. The summed E-state index contributed by atoms with van der Waals surface area (Å²) < 4.78 is 4.85. The van der Waals surface area contributed by atoms with Crippen LogP contribution in [0.2, 0.25) is 0 Å². The van der Waals surface area contributed by atoms with E-state index >= 15 is 0 Å². The number of carbonyl (C=O) groups excluding carboxylic acids is 3. The second-order valence-corrected chi connectivity index (χ2v) is 4.92. The highest BCUT2D eigenvalue weighted by Crippen LogP contribution is 2.18. The predicted octanol–water partition coefficient (Wildman–Crippen LogP) is 1.39. The highest BCUT2D eigenvalue weighted by atomic mass is 16.5. The summed E-state index contributed by atoms with van der Waals surface area (Å²) in [6.07, 6.45) is 2.75. The molecule has 2 N–H and O–H groups in total. The molecule has 0 atom stereocenters. The fourth-order valence-electron chi connectivity index (χ4n) is 1.70. The molecule has 1 aromatic rings. The van der Waals surface area contributed by atoms with E-state index in [0.717, 1.165) is 24.8 Å². The molecule has 0 unspecified atom stereocenters. The largest absolute Gasteiger partial charge is 0.452 e. The lowest BCUT2D eigenvalue weighted by Crippen LogP contribution is -2.42. The van der Waals surface area contributed by atoms with Crippen LogP contribution >= 0.6 is 0 Å². The Balaban J connectivity index is 1.74. The van der Waals surface area contributed by atoms with E-state index in [-0.39, 0.29) is 6.04 Å². The number of hydrogen-bond donors (Lipinski definition) is 2. The van der Waals surface area contributed by atoms with Gasteiger partial charge in [0.1, 0.15) is 0 Å². The molecule has 1 aliphatic rings. The van der Waals surface area contributed by atoms with Gasteiger partial charge in [-0.05, 0) is 37.0 Å². The molecule has 1 fully saturated rings. The molecular weight excluding hydrogens is 272 g/mol. The van der Waals surface area contributed by atoms with Crippen LogP contribution in [0.3, 0.4) is 0 Å². The number of amides is 3. The van der Waals surface area contributed by atoms with Gasteiger partial charge in [-0.3, -0.25) is 10.1 Å². The molecule has 0 bridgehead atoms. The van der Waals surface area contributed by atoms with E-state index in [4.69, 9.17) is 4.74 Å². The molecule has 3 amide bonds. The maximum absolute atomic E-state index is 11.7. The number of ether oxygens (including phenoxy) is 1. The Bertz CT molecular complexity index is 535. The molecule has 1 saturated carbocycles. The van der Waals surface area contributed by atoms with Crippen molar-refractivity contribution in [3.8, 4) is 0 Å². The van der Waals surface area contributed by atoms with Gasteiger partial charge in [-0.15, -0.1) is 0 Å². The molecule has 0 aliphatic heterocycles. The van der Waals surface area contributed by atoms with Crippen molar-refractivity contribution in [1.82, 2.24) is 10.6 Å². The highest BCUT2D eigenvalue weighted by Gasteiger charge is 2.24. The van der Waals surface area contributed by atoms with Crippen LogP contribution < -0.4 is 10.6 Å². The van der Waals surface area contributed by atoms with E-state index in [2.05, 4.69) is 10.6 Å². The molecule has 6 heteroatoms. The van der Waals surface area contributed by atoms with E-state index < -0.39 is 24.5 Å². The van der Waals surface area contributed by atoms with Gasteiger partial charge in [-0.2, -0.15) is 0 Å². The Hall–Kier alpha value is -2.37. The number of esters is 1. The van der Waals surface area contributed by atoms with E-state index in [1.54, 1.807) is 12.1 Å². The predicted molar refractivity (Wildman–Crippen MR) is 75.8 cm³/mol. The lowest BCUT2D eigenvalue weighted by molar-refractivity contribution is -0.123. The van der Waals surface area contributed by atoms with Crippen molar-refractivity contribution >= 4 is 17.9 Å². The van der Waals surface area contributed by atoms with Crippen LogP contribution in [0.4, 0.5) is 4.79 Å². The molecule has 0 spiro atoms. The van der Waals surface area contributed by atoms with Gasteiger partial charge in [-0.1, -0.05) is 19.1 Å². The first-order valence-corrected chi connectivity index (χ1v) is 6.95. The average Bonchev–Trinajstić information content (AvgIpc) is 3.28. The zero-order chi connectivity index (χ0) is 15.2. The molecule has 0 radical (unpaired) electrons. The number of nitrogens with one attached hydrogen (secondary N) is 2. The molecule has 0 heterocycles. The van der Waals surface area contributed by atoms with Crippen molar-refractivity contribution in [3.63, 3.8) is 0 Å². The maximum atomic E-state index is 11.7. The van der Waals surface area contributed by atoms with Crippen LogP contribution in [0.5, 0.6) is 0 Å². The Morgan fingerprint density at radius 1 is 1.19 bits per heavy atom. The maximum Gasteiger partial charge on any atom is 0.338 e. The van der Waals surface area contributed by atoms with Crippen LogP contribution in [0.25, 0.3) is 0 Å². The normalized spacial score (nSPS) is 13.4. The van der Waals surface area contributed by atoms with Crippen LogP contribution in [0.1, 0.15) is 35.7 Å². The van der Waals surface area contributed by atoms with Gasteiger partial charge < -0.3 is 10.1 Å². The number of carbonyl (C=O) groups is 3. The zero-order valence-electron chi connectivity index (χ0n) is 11.8. The molecule has 112 valence electrons. The van der Waals surface area contributed by atoms with Crippen molar-refractivity contribution in [3.05, 3.63) is 35.4 Å². The highest BCUT2D eigenvalue weighted by molar-refractivity contribution is 5.97. The molecule has 1 aromatic carbocycles. The molecule has 2 rings (SSSR count). The fourth-order valence-corrected chi connectivity index (χ4v) is 1.70. The van der Waals surface area contributed by atoms with Crippen LogP contribution in [-0.2, 0) is 16.0 Å². The van der Waals surface area contributed by atoms with E-state index in [1.807, 2.05) is 19.1 Å². The van der Waals surface area contributed by atoms with Crippen molar-refractivity contribution in [2.45, 2.75) is 32.2 Å². The number of benzene rings is 1. The minimum absolute atomic E-state index is 0.164. The number of urea groups is 1. The Labute approximate surface area is 122 Å². The third kappa shape index (κ3) is 4.91.